The molecule has 0 radical (unpaired) electrons. The van der Waals surface area contributed by atoms with Crippen molar-refractivity contribution in [3.8, 4) is 5.75 Å². The van der Waals surface area contributed by atoms with Gasteiger partial charge in [0, 0.05) is 38.7 Å². The molecule has 4 rings (SSSR count). The van der Waals surface area contributed by atoms with Gasteiger partial charge in [0.2, 0.25) is 5.91 Å². The van der Waals surface area contributed by atoms with Crippen LogP contribution in [0.4, 0.5) is 0 Å². The fourth-order valence-corrected chi connectivity index (χ4v) is 6.63. The number of carbonyl (C=O) groups excluding carboxylic acids is 1. The molecule has 1 aliphatic heterocycles. The van der Waals surface area contributed by atoms with Crippen molar-refractivity contribution in [2.45, 2.75) is 49.2 Å². The van der Waals surface area contributed by atoms with Crippen molar-refractivity contribution in [3.63, 3.8) is 0 Å². The maximum absolute atomic E-state index is 13.4. The Labute approximate surface area is 225 Å². The lowest BCUT2D eigenvalue weighted by Gasteiger charge is -2.60. The van der Waals surface area contributed by atoms with E-state index in [9.17, 15) is 4.79 Å². The van der Waals surface area contributed by atoms with E-state index in [1.165, 1.54) is 5.56 Å². The molecular weight excluding hydrogens is 495 g/mol. The van der Waals surface area contributed by atoms with E-state index in [1.54, 1.807) is 19.2 Å². The summed E-state index contributed by atoms with van der Waals surface area (Å²) in [5.74, 6) is 0.916. The van der Waals surface area contributed by atoms with Gasteiger partial charge in [0.05, 0.1) is 29.2 Å². The maximum Gasteiger partial charge on any atom is 0.226 e. The average molecular weight is 532 g/mol. The molecule has 2 fully saturated rings. The quantitative estimate of drug-likeness (QED) is 0.406. The van der Waals surface area contributed by atoms with Crippen LogP contribution in [0.2, 0.25) is 10.0 Å². The molecule has 1 heterocycles. The Balaban J connectivity index is 1.64. The highest BCUT2D eigenvalue weighted by Crippen LogP contribution is 2.54. The monoisotopic (exact) mass is 530 g/mol. The fraction of sp³-hybridized carbons (Fsp3) is 0.483. The van der Waals surface area contributed by atoms with E-state index in [2.05, 4.69) is 29.7 Å². The lowest BCUT2D eigenvalue weighted by atomic mass is 9.55. The Bertz CT molecular complexity index is 1110. The van der Waals surface area contributed by atoms with Crippen LogP contribution in [0.1, 0.15) is 36.8 Å². The summed E-state index contributed by atoms with van der Waals surface area (Å²) in [6.45, 7) is 6.56. The number of carbonyl (C=O) groups is 1. The summed E-state index contributed by atoms with van der Waals surface area (Å²) >= 11 is 12.2. The third-order valence-electron chi connectivity index (χ3n) is 8.35. The van der Waals surface area contributed by atoms with Crippen LogP contribution in [0.5, 0.6) is 5.75 Å². The number of fused-ring (bicyclic) bond motifs is 1. The van der Waals surface area contributed by atoms with Gasteiger partial charge in [0.15, 0.2) is 0 Å². The zero-order valence-electron chi connectivity index (χ0n) is 21.4. The summed E-state index contributed by atoms with van der Waals surface area (Å²) in [5, 5.41) is 0.961. The SMILES string of the molecule is C=CCN1CCC2(c3cccc(OC)c3)CC(N(C)C(=O)Cc3ccc(Cl)c(Cl)c3)CCC2(OC)C1. The van der Waals surface area contributed by atoms with E-state index >= 15 is 0 Å². The van der Waals surface area contributed by atoms with Gasteiger partial charge in [-0.1, -0.05) is 47.5 Å². The molecule has 2 aliphatic rings. The van der Waals surface area contributed by atoms with E-state index in [4.69, 9.17) is 32.7 Å². The number of ether oxygens (including phenoxy) is 2. The maximum atomic E-state index is 13.4. The topological polar surface area (TPSA) is 42.0 Å². The van der Waals surface area contributed by atoms with E-state index < -0.39 is 0 Å². The molecule has 1 amide bonds. The molecule has 0 spiro atoms. The molecule has 0 N–H and O–H groups in total. The smallest absolute Gasteiger partial charge is 0.226 e. The second-order valence-corrected chi connectivity index (χ2v) is 10.9. The van der Waals surface area contributed by atoms with Crippen LogP contribution < -0.4 is 4.74 Å². The van der Waals surface area contributed by atoms with Gasteiger partial charge in [-0.3, -0.25) is 9.69 Å². The second kappa shape index (κ2) is 11.1. The Hall–Kier alpha value is -2.05. The number of hydrogen-bond donors (Lipinski definition) is 0. The number of likely N-dealkylation sites (tertiary alicyclic amines) is 1. The van der Waals surface area contributed by atoms with Crippen molar-refractivity contribution in [2.24, 2.45) is 0 Å². The van der Waals surface area contributed by atoms with Crippen LogP contribution in [0.3, 0.4) is 0 Å². The summed E-state index contributed by atoms with van der Waals surface area (Å²) in [6.07, 6.45) is 5.77. The molecule has 3 unspecified atom stereocenters. The van der Waals surface area contributed by atoms with E-state index in [-0.39, 0.29) is 23.0 Å². The van der Waals surface area contributed by atoms with Crippen molar-refractivity contribution >= 4 is 29.1 Å². The van der Waals surface area contributed by atoms with Gasteiger partial charge >= 0.3 is 0 Å². The molecule has 0 aromatic heterocycles. The van der Waals surface area contributed by atoms with Crippen molar-refractivity contribution in [1.82, 2.24) is 9.80 Å². The van der Waals surface area contributed by atoms with Crippen molar-refractivity contribution in [2.75, 3.05) is 40.9 Å². The second-order valence-electron chi connectivity index (χ2n) is 10.1. The first-order valence-corrected chi connectivity index (χ1v) is 13.3. The van der Waals surface area contributed by atoms with Crippen LogP contribution in [0.25, 0.3) is 0 Å². The van der Waals surface area contributed by atoms with Crippen LogP contribution in [-0.2, 0) is 21.4 Å². The average Bonchev–Trinajstić information content (AvgIpc) is 2.90. The van der Waals surface area contributed by atoms with E-state index in [0.29, 0.717) is 16.5 Å². The predicted octanol–water partition coefficient (Wildman–Crippen LogP) is 5.77. The third-order valence-corrected chi connectivity index (χ3v) is 9.09. The van der Waals surface area contributed by atoms with Gasteiger partial charge < -0.3 is 14.4 Å². The highest BCUT2D eigenvalue weighted by molar-refractivity contribution is 6.42. The molecule has 36 heavy (non-hydrogen) atoms. The number of piperidine rings is 1. The Morgan fingerprint density at radius 2 is 2.00 bits per heavy atom. The third kappa shape index (κ3) is 5.04. The normalized spacial score (nSPS) is 26.2. The molecule has 5 nitrogen and oxygen atoms in total. The zero-order chi connectivity index (χ0) is 25.9. The molecule has 3 atom stereocenters. The zero-order valence-corrected chi connectivity index (χ0v) is 22.9. The van der Waals surface area contributed by atoms with Gasteiger partial charge in [-0.05, 0) is 67.6 Å². The van der Waals surface area contributed by atoms with Gasteiger partial charge in [0.1, 0.15) is 5.75 Å². The fourth-order valence-electron chi connectivity index (χ4n) is 6.31. The molecule has 1 saturated heterocycles. The van der Waals surface area contributed by atoms with Crippen molar-refractivity contribution < 1.29 is 14.3 Å². The number of methoxy groups -OCH3 is 2. The Morgan fingerprint density at radius 3 is 2.69 bits per heavy atom. The van der Waals surface area contributed by atoms with Crippen molar-refractivity contribution in [1.29, 1.82) is 0 Å². The van der Waals surface area contributed by atoms with E-state index in [0.717, 1.165) is 56.6 Å². The molecule has 1 saturated carbocycles. The summed E-state index contributed by atoms with van der Waals surface area (Å²) in [4.78, 5) is 17.7. The standard InChI is InChI=1S/C29H36Cl2N2O3/c1-5-14-33-15-13-28(22-7-6-8-24(18-22)35-3)19-23(11-12-29(28,20-33)36-4)32(2)27(34)17-21-9-10-25(30)26(31)16-21/h5-10,16,18,23H,1,11-15,17,19-20H2,2-4H3. The highest BCUT2D eigenvalue weighted by atomic mass is 35.5. The first-order chi connectivity index (χ1) is 17.3. The summed E-state index contributed by atoms with van der Waals surface area (Å²) in [7, 11) is 5.47. The lowest BCUT2D eigenvalue weighted by Crippen LogP contribution is -2.68. The first kappa shape index (κ1) is 27.0. The number of rotatable bonds is 8. The highest BCUT2D eigenvalue weighted by Gasteiger charge is 2.59. The summed E-state index contributed by atoms with van der Waals surface area (Å²) < 4.78 is 12.0. The molecular formula is C29H36Cl2N2O3. The number of nitrogens with zero attached hydrogens (tertiary/aromatic N) is 2. The number of halogens is 2. The minimum absolute atomic E-state index is 0.0770. The summed E-state index contributed by atoms with van der Waals surface area (Å²) in [5.41, 5.74) is 1.49. The molecule has 194 valence electrons. The summed E-state index contributed by atoms with van der Waals surface area (Å²) in [6, 6.07) is 13.9. The Kier molecular flexibility index (Phi) is 8.35. The molecule has 1 aliphatic carbocycles. The number of hydrogen-bond acceptors (Lipinski definition) is 4. The minimum Gasteiger partial charge on any atom is -0.497 e. The lowest BCUT2D eigenvalue weighted by molar-refractivity contribution is -0.159. The van der Waals surface area contributed by atoms with E-state index in [1.807, 2.05) is 37.3 Å². The number of benzene rings is 2. The first-order valence-electron chi connectivity index (χ1n) is 12.5. The number of likely N-dealkylation sites (N-methyl/N-ethyl adjacent to an activating group) is 1. The molecule has 7 heteroatoms. The molecule has 2 aromatic rings. The van der Waals surface area contributed by atoms with Crippen LogP contribution in [-0.4, -0.2) is 68.3 Å². The molecule has 2 aromatic carbocycles. The van der Waals surface area contributed by atoms with Crippen molar-refractivity contribution in [3.05, 3.63) is 76.3 Å². The van der Waals surface area contributed by atoms with Crippen LogP contribution in [0, 0.1) is 0 Å². The number of amides is 1. The Morgan fingerprint density at radius 1 is 1.19 bits per heavy atom. The van der Waals surface area contributed by atoms with Crippen LogP contribution in [0.15, 0.2) is 55.1 Å². The van der Waals surface area contributed by atoms with Gasteiger partial charge in [-0.25, -0.2) is 0 Å². The van der Waals surface area contributed by atoms with Gasteiger partial charge in [0.25, 0.3) is 0 Å². The largest absolute Gasteiger partial charge is 0.497 e. The van der Waals surface area contributed by atoms with Crippen LogP contribution >= 0.6 is 23.2 Å². The predicted molar refractivity (Wildman–Crippen MR) is 146 cm³/mol. The van der Waals surface area contributed by atoms with Gasteiger partial charge in [-0.15, -0.1) is 6.58 Å². The molecule has 0 bridgehead atoms. The van der Waals surface area contributed by atoms with Gasteiger partial charge in [-0.2, -0.15) is 0 Å². The minimum atomic E-state index is -0.356.